The van der Waals surface area contributed by atoms with Gasteiger partial charge in [0.2, 0.25) is 0 Å². The highest BCUT2D eigenvalue weighted by atomic mass is 16.5. The SMILES string of the molecule is Cc1ccccc1CNC1CCOC2(CCOCC2)C1. The Kier molecular flexibility index (Phi) is 4.39. The summed E-state index contributed by atoms with van der Waals surface area (Å²) < 4.78 is 11.6. The van der Waals surface area contributed by atoms with E-state index in [-0.39, 0.29) is 5.60 Å². The van der Waals surface area contributed by atoms with Gasteiger partial charge in [0.1, 0.15) is 0 Å². The van der Waals surface area contributed by atoms with Crippen molar-refractivity contribution in [3.63, 3.8) is 0 Å². The van der Waals surface area contributed by atoms with Crippen molar-refractivity contribution in [1.29, 1.82) is 0 Å². The van der Waals surface area contributed by atoms with Crippen LogP contribution in [0.15, 0.2) is 24.3 Å². The average molecular weight is 275 g/mol. The maximum Gasteiger partial charge on any atom is 0.0741 e. The Labute approximate surface area is 121 Å². The molecule has 110 valence electrons. The maximum absolute atomic E-state index is 6.09. The van der Waals surface area contributed by atoms with Gasteiger partial charge in [-0.2, -0.15) is 0 Å². The molecular formula is C17H25NO2. The van der Waals surface area contributed by atoms with E-state index < -0.39 is 0 Å². The molecule has 2 aliphatic rings. The zero-order valence-corrected chi connectivity index (χ0v) is 12.4. The quantitative estimate of drug-likeness (QED) is 0.920. The van der Waals surface area contributed by atoms with Gasteiger partial charge in [0.25, 0.3) is 0 Å². The number of hydrogen-bond donors (Lipinski definition) is 1. The van der Waals surface area contributed by atoms with E-state index in [0.717, 1.165) is 52.0 Å². The molecule has 2 fully saturated rings. The topological polar surface area (TPSA) is 30.5 Å². The van der Waals surface area contributed by atoms with Gasteiger partial charge in [-0.15, -0.1) is 0 Å². The molecule has 0 aromatic heterocycles. The minimum absolute atomic E-state index is 0.0832. The van der Waals surface area contributed by atoms with Crippen LogP contribution in [0.2, 0.25) is 0 Å². The van der Waals surface area contributed by atoms with E-state index in [4.69, 9.17) is 9.47 Å². The molecule has 2 heterocycles. The van der Waals surface area contributed by atoms with Crippen LogP contribution in [0, 0.1) is 6.92 Å². The molecule has 0 bridgehead atoms. The Hall–Kier alpha value is -0.900. The molecule has 0 amide bonds. The second kappa shape index (κ2) is 6.25. The normalized spacial score (nSPS) is 25.8. The summed E-state index contributed by atoms with van der Waals surface area (Å²) in [5.74, 6) is 0. The fourth-order valence-electron chi connectivity index (χ4n) is 3.36. The third-order valence-corrected chi connectivity index (χ3v) is 4.74. The van der Waals surface area contributed by atoms with Crippen molar-refractivity contribution in [2.45, 2.75) is 50.8 Å². The monoisotopic (exact) mass is 275 g/mol. The Balaban J connectivity index is 1.56. The summed E-state index contributed by atoms with van der Waals surface area (Å²) in [7, 11) is 0. The molecule has 3 rings (SSSR count). The molecular weight excluding hydrogens is 250 g/mol. The minimum Gasteiger partial charge on any atom is -0.381 e. The first-order valence-corrected chi connectivity index (χ1v) is 7.77. The highest BCUT2D eigenvalue weighted by molar-refractivity contribution is 5.25. The fraction of sp³-hybridized carbons (Fsp3) is 0.647. The summed E-state index contributed by atoms with van der Waals surface area (Å²) in [5, 5.41) is 3.73. The van der Waals surface area contributed by atoms with Crippen LogP contribution in [0.3, 0.4) is 0 Å². The molecule has 1 atom stereocenters. The van der Waals surface area contributed by atoms with Crippen molar-refractivity contribution >= 4 is 0 Å². The van der Waals surface area contributed by atoms with Crippen molar-refractivity contribution in [2.75, 3.05) is 19.8 Å². The Bertz CT molecular complexity index is 435. The molecule has 1 aromatic rings. The van der Waals surface area contributed by atoms with Gasteiger partial charge in [0, 0.05) is 32.4 Å². The van der Waals surface area contributed by atoms with Gasteiger partial charge >= 0.3 is 0 Å². The predicted octanol–water partition coefficient (Wildman–Crippen LogP) is 2.81. The van der Waals surface area contributed by atoms with Crippen LogP contribution in [-0.4, -0.2) is 31.5 Å². The van der Waals surface area contributed by atoms with Crippen molar-refractivity contribution in [2.24, 2.45) is 0 Å². The summed E-state index contributed by atoms with van der Waals surface area (Å²) in [4.78, 5) is 0. The summed E-state index contributed by atoms with van der Waals surface area (Å²) in [6.07, 6.45) is 4.35. The fourth-order valence-corrected chi connectivity index (χ4v) is 3.36. The van der Waals surface area contributed by atoms with Crippen LogP contribution in [0.1, 0.15) is 36.8 Å². The zero-order valence-electron chi connectivity index (χ0n) is 12.4. The first-order valence-electron chi connectivity index (χ1n) is 7.77. The molecule has 3 nitrogen and oxygen atoms in total. The summed E-state index contributed by atoms with van der Waals surface area (Å²) >= 11 is 0. The highest BCUT2D eigenvalue weighted by Crippen LogP contribution is 2.34. The molecule has 2 aliphatic heterocycles. The van der Waals surface area contributed by atoms with Crippen molar-refractivity contribution in [3.8, 4) is 0 Å². The van der Waals surface area contributed by atoms with E-state index >= 15 is 0 Å². The summed E-state index contributed by atoms with van der Waals surface area (Å²) in [5.41, 5.74) is 2.85. The van der Waals surface area contributed by atoms with Gasteiger partial charge in [-0.25, -0.2) is 0 Å². The van der Waals surface area contributed by atoms with Crippen LogP contribution >= 0.6 is 0 Å². The zero-order chi connectivity index (χ0) is 13.8. The predicted molar refractivity (Wildman–Crippen MR) is 79.8 cm³/mol. The minimum atomic E-state index is 0.0832. The molecule has 0 saturated carbocycles. The van der Waals surface area contributed by atoms with Gasteiger partial charge < -0.3 is 14.8 Å². The van der Waals surface area contributed by atoms with Crippen LogP contribution < -0.4 is 5.32 Å². The lowest BCUT2D eigenvalue weighted by atomic mass is 9.84. The number of hydrogen-bond acceptors (Lipinski definition) is 3. The van der Waals surface area contributed by atoms with Crippen molar-refractivity contribution in [3.05, 3.63) is 35.4 Å². The number of nitrogens with one attached hydrogen (secondary N) is 1. The van der Waals surface area contributed by atoms with Crippen molar-refractivity contribution < 1.29 is 9.47 Å². The Morgan fingerprint density at radius 1 is 1.20 bits per heavy atom. The first-order chi connectivity index (χ1) is 9.77. The van der Waals surface area contributed by atoms with Gasteiger partial charge in [-0.1, -0.05) is 24.3 Å². The van der Waals surface area contributed by atoms with E-state index in [1.807, 2.05) is 0 Å². The van der Waals surface area contributed by atoms with E-state index in [1.54, 1.807) is 0 Å². The largest absolute Gasteiger partial charge is 0.381 e. The lowest BCUT2D eigenvalue weighted by molar-refractivity contribution is -0.140. The molecule has 1 aromatic carbocycles. The lowest BCUT2D eigenvalue weighted by Crippen LogP contribution is -2.49. The molecule has 0 aliphatic carbocycles. The molecule has 2 saturated heterocycles. The summed E-state index contributed by atoms with van der Waals surface area (Å²) in [6, 6.07) is 9.19. The third-order valence-electron chi connectivity index (χ3n) is 4.74. The van der Waals surface area contributed by atoms with E-state index in [0.29, 0.717) is 6.04 Å². The average Bonchev–Trinajstić information content (AvgIpc) is 2.47. The third kappa shape index (κ3) is 3.22. The highest BCUT2D eigenvalue weighted by Gasteiger charge is 2.38. The van der Waals surface area contributed by atoms with Crippen LogP contribution in [0.4, 0.5) is 0 Å². The van der Waals surface area contributed by atoms with Gasteiger partial charge in [0.15, 0.2) is 0 Å². The van der Waals surface area contributed by atoms with Crippen LogP contribution in [-0.2, 0) is 16.0 Å². The molecule has 20 heavy (non-hydrogen) atoms. The van der Waals surface area contributed by atoms with Gasteiger partial charge in [-0.05, 0) is 43.7 Å². The Morgan fingerprint density at radius 3 is 2.80 bits per heavy atom. The van der Waals surface area contributed by atoms with E-state index in [2.05, 4.69) is 36.5 Å². The van der Waals surface area contributed by atoms with E-state index in [9.17, 15) is 0 Å². The number of benzene rings is 1. The first kappa shape index (κ1) is 14.1. The second-order valence-electron chi connectivity index (χ2n) is 6.14. The van der Waals surface area contributed by atoms with Gasteiger partial charge in [0.05, 0.1) is 5.60 Å². The molecule has 1 N–H and O–H groups in total. The second-order valence-corrected chi connectivity index (χ2v) is 6.14. The summed E-state index contributed by atoms with van der Waals surface area (Å²) in [6.45, 7) is 5.73. The number of ether oxygens (including phenoxy) is 2. The number of rotatable bonds is 3. The maximum atomic E-state index is 6.09. The molecule has 1 unspecified atom stereocenters. The van der Waals surface area contributed by atoms with Gasteiger partial charge in [-0.3, -0.25) is 0 Å². The number of aryl methyl sites for hydroxylation is 1. The molecule has 0 radical (unpaired) electrons. The molecule has 1 spiro atoms. The van der Waals surface area contributed by atoms with Crippen LogP contribution in [0.5, 0.6) is 0 Å². The Morgan fingerprint density at radius 2 is 2.00 bits per heavy atom. The molecule has 3 heteroatoms. The smallest absolute Gasteiger partial charge is 0.0741 e. The standard InChI is InChI=1S/C17H25NO2/c1-14-4-2-3-5-15(14)13-18-16-6-9-20-17(12-16)7-10-19-11-8-17/h2-5,16,18H,6-13H2,1H3. The van der Waals surface area contributed by atoms with Crippen molar-refractivity contribution in [1.82, 2.24) is 5.32 Å². The van der Waals surface area contributed by atoms with Crippen LogP contribution in [0.25, 0.3) is 0 Å². The van der Waals surface area contributed by atoms with E-state index in [1.165, 1.54) is 11.1 Å². The lowest BCUT2D eigenvalue weighted by Gasteiger charge is -2.43.